The van der Waals surface area contributed by atoms with Gasteiger partial charge in [-0.2, -0.15) is 0 Å². The number of rotatable bonds is 3. The van der Waals surface area contributed by atoms with E-state index in [0.717, 1.165) is 5.56 Å². The minimum atomic E-state index is -1.00. The third kappa shape index (κ3) is 2.04. The number of aromatic carboxylic acids is 1. The highest BCUT2D eigenvalue weighted by Gasteiger charge is 2.18. The molecule has 3 aromatic rings. The fourth-order valence-electron chi connectivity index (χ4n) is 1.94. The molecule has 0 atom stereocenters. The highest BCUT2D eigenvalue weighted by Crippen LogP contribution is 2.28. The summed E-state index contributed by atoms with van der Waals surface area (Å²) in [5.41, 5.74) is 0.999. The number of carboxylic acids is 1. The molecule has 0 bridgehead atoms. The molecule has 0 spiro atoms. The van der Waals surface area contributed by atoms with E-state index >= 15 is 0 Å². The summed E-state index contributed by atoms with van der Waals surface area (Å²) in [4.78, 5) is 11.3. The lowest BCUT2D eigenvalue weighted by Gasteiger charge is -1.99. The summed E-state index contributed by atoms with van der Waals surface area (Å²) in [6.07, 6.45) is 3.50. The van der Waals surface area contributed by atoms with Crippen LogP contribution in [-0.4, -0.2) is 15.6 Å². The fraction of sp³-hybridized carbons (Fsp3) is 0. The molecule has 0 amide bonds. The van der Waals surface area contributed by atoms with E-state index in [-0.39, 0.29) is 5.56 Å². The van der Waals surface area contributed by atoms with E-state index in [0.29, 0.717) is 11.6 Å². The van der Waals surface area contributed by atoms with Crippen molar-refractivity contribution in [3.63, 3.8) is 0 Å². The van der Waals surface area contributed by atoms with Crippen molar-refractivity contribution in [2.45, 2.75) is 0 Å². The van der Waals surface area contributed by atoms with E-state index in [4.69, 9.17) is 4.42 Å². The SMILES string of the molecule is O=C(O)c1cc(-c2ccccc2)oc1-n1cccc1. The van der Waals surface area contributed by atoms with Crippen LogP contribution in [0.1, 0.15) is 10.4 Å². The molecule has 0 unspecified atom stereocenters. The zero-order chi connectivity index (χ0) is 13.2. The second-order valence-corrected chi connectivity index (χ2v) is 4.09. The number of furan rings is 1. The predicted molar refractivity (Wildman–Crippen MR) is 70.4 cm³/mol. The molecule has 0 aliphatic carbocycles. The average Bonchev–Trinajstić information content (AvgIpc) is 3.08. The molecule has 0 radical (unpaired) electrons. The summed E-state index contributed by atoms with van der Waals surface area (Å²) < 4.78 is 7.34. The normalized spacial score (nSPS) is 10.5. The number of benzene rings is 1. The first-order chi connectivity index (χ1) is 9.25. The van der Waals surface area contributed by atoms with Crippen molar-refractivity contribution in [3.05, 3.63) is 66.5 Å². The summed E-state index contributed by atoms with van der Waals surface area (Å²) in [5, 5.41) is 9.25. The third-order valence-electron chi connectivity index (χ3n) is 2.84. The standard InChI is InChI=1S/C15H11NO3/c17-15(18)12-10-13(11-6-2-1-3-7-11)19-14(12)16-8-4-5-9-16/h1-10H,(H,17,18). The first-order valence-electron chi connectivity index (χ1n) is 5.81. The maximum atomic E-state index is 11.3. The van der Waals surface area contributed by atoms with Gasteiger partial charge in [0.05, 0.1) is 0 Å². The molecular weight excluding hydrogens is 242 g/mol. The van der Waals surface area contributed by atoms with Crippen LogP contribution >= 0.6 is 0 Å². The van der Waals surface area contributed by atoms with Crippen LogP contribution in [0.2, 0.25) is 0 Å². The zero-order valence-electron chi connectivity index (χ0n) is 9.98. The molecule has 0 saturated heterocycles. The van der Waals surface area contributed by atoms with Gasteiger partial charge in [-0.25, -0.2) is 4.79 Å². The third-order valence-corrected chi connectivity index (χ3v) is 2.84. The van der Waals surface area contributed by atoms with Crippen LogP contribution in [-0.2, 0) is 0 Å². The van der Waals surface area contributed by atoms with Crippen molar-refractivity contribution in [2.24, 2.45) is 0 Å². The van der Waals surface area contributed by atoms with Gasteiger partial charge in [-0.05, 0) is 12.1 Å². The molecule has 1 aromatic carbocycles. The summed E-state index contributed by atoms with van der Waals surface area (Å²) in [7, 11) is 0. The van der Waals surface area contributed by atoms with Gasteiger partial charge in [0.15, 0.2) is 0 Å². The van der Waals surface area contributed by atoms with Crippen LogP contribution in [0.3, 0.4) is 0 Å². The van der Waals surface area contributed by atoms with Crippen molar-refractivity contribution < 1.29 is 14.3 Å². The van der Waals surface area contributed by atoms with Gasteiger partial charge in [0.25, 0.3) is 0 Å². The lowest BCUT2D eigenvalue weighted by Crippen LogP contribution is -2.00. The number of nitrogens with zero attached hydrogens (tertiary/aromatic N) is 1. The van der Waals surface area contributed by atoms with Crippen molar-refractivity contribution in [2.75, 3.05) is 0 Å². The van der Waals surface area contributed by atoms with Gasteiger partial charge in [0.1, 0.15) is 11.3 Å². The number of carbonyl (C=O) groups is 1. The molecule has 0 saturated carbocycles. The van der Waals surface area contributed by atoms with Crippen molar-refractivity contribution in [3.8, 4) is 17.2 Å². The van der Waals surface area contributed by atoms with Crippen LogP contribution in [0.15, 0.2) is 65.3 Å². The summed E-state index contributed by atoms with van der Waals surface area (Å²) in [5.74, 6) is -0.146. The Balaban J connectivity index is 2.15. The minimum Gasteiger partial charge on any atom is -0.477 e. The Morgan fingerprint density at radius 1 is 1.05 bits per heavy atom. The van der Waals surface area contributed by atoms with Crippen LogP contribution in [0, 0.1) is 0 Å². The number of hydrogen-bond donors (Lipinski definition) is 1. The monoisotopic (exact) mass is 253 g/mol. The lowest BCUT2D eigenvalue weighted by atomic mass is 10.1. The van der Waals surface area contributed by atoms with E-state index in [1.54, 1.807) is 23.0 Å². The summed E-state index contributed by atoms with van der Waals surface area (Å²) >= 11 is 0. The second-order valence-electron chi connectivity index (χ2n) is 4.09. The van der Waals surface area contributed by atoms with Gasteiger partial charge in [-0.1, -0.05) is 30.3 Å². The molecule has 94 valence electrons. The maximum Gasteiger partial charge on any atom is 0.341 e. The summed E-state index contributed by atoms with van der Waals surface area (Å²) in [6.45, 7) is 0. The van der Waals surface area contributed by atoms with Gasteiger partial charge in [-0.3, -0.25) is 4.57 Å². The molecule has 3 rings (SSSR count). The maximum absolute atomic E-state index is 11.3. The summed E-state index contributed by atoms with van der Waals surface area (Å²) in [6, 6.07) is 14.6. The second kappa shape index (κ2) is 4.49. The minimum absolute atomic E-state index is 0.148. The zero-order valence-corrected chi connectivity index (χ0v) is 9.98. The van der Waals surface area contributed by atoms with Crippen LogP contribution in [0.4, 0.5) is 0 Å². The van der Waals surface area contributed by atoms with Crippen molar-refractivity contribution in [1.29, 1.82) is 0 Å². The highest BCUT2D eigenvalue weighted by atomic mass is 16.4. The molecule has 2 heterocycles. The molecule has 1 N–H and O–H groups in total. The van der Waals surface area contributed by atoms with Crippen LogP contribution in [0.5, 0.6) is 0 Å². The molecule has 4 heteroatoms. The van der Waals surface area contributed by atoms with Gasteiger partial charge in [-0.15, -0.1) is 0 Å². The van der Waals surface area contributed by atoms with Crippen molar-refractivity contribution in [1.82, 2.24) is 4.57 Å². The molecule has 19 heavy (non-hydrogen) atoms. The van der Waals surface area contributed by atoms with Gasteiger partial charge in [0, 0.05) is 24.0 Å². The predicted octanol–water partition coefficient (Wildman–Crippen LogP) is 3.44. The Morgan fingerprint density at radius 3 is 2.37 bits per heavy atom. The lowest BCUT2D eigenvalue weighted by molar-refractivity contribution is 0.0696. The molecule has 4 nitrogen and oxygen atoms in total. The number of aromatic nitrogens is 1. The first-order valence-corrected chi connectivity index (χ1v) is 5.81. The van der Waals surface area contributed by atoms with E-state index < -0.39 is 5.97 Å². The Labute approximate surface area is 109 Å². The number of carboxylic acid groups (broad SMARTS) is 1. The van der Waals surface area contributed by atoms with Crippen LogP contribution in [0.25, 0.3) is 17.2 Å². The fourth-order valence-corrected chi connectivity index (χ4v) is 1.94. The van der Waals surface area contributed by atoms with Gasteiger partial charge < -0.3 is 9.52 Å². The number of hydrogen-bond acceptors (Lipinski definition) is 2. The largest absolute Gasteiger partial charge is 0.477 e. The topological polar surface area (TPSA) is 55.4 Å². The smallest absolute Gasteiger partial charge is 0.341 e. The molecular formula is C15H11NO3. The van der Waals surface area contributed by atoms with E-state index in [2.05, 4.69) is 0 Å². The van der Waals surface area contributed by atoms with E-state index in [9.17, 15) is 9.90 Å². The Kier molecular flexibility index (Phi) is 2.68. The molecule has 0 aliphatic rings. The molecule has 0 fully saturated rings. The Hall–Kier alpha value is -2.75. The Morgan fingerprint density at radius 2 is 1.74 bits per heavy atom. The molecule has 2 aromatic heterocycles. The van der Waals surface area contributed by atoms with Crippen LogP contribution < -0.4 is 0 Å². The van der Waals surface area contributed by atoms with E-state index in [1.807, 2.05) is 42.5 Å². The van der Waals surface area contributed by atoms with E-state index in [1.165, 1.54) is 0 Å². The van der Waals surface area contributed by atoms with Gasteiger partial charge >= 0.3 is 5.97 Å². The first kappa shape index (κ1) is 11.3. The molecule has 0 aliphatic heterocycles. The van der Waals surface area contributed by atoms with Gasteiger partial charge in [0.2, 0.25) is 5.88 Å². The quantitative estimate of drug-likeness (QED) is 0.777. The Bertz CT molecular complexity index is 696. The highest BCUT2D eigenvalue weighted by molar-refractivity contribution is 5.92. The average molecular weight is 253 g/mol. The van der Waals surface area contributed by atoms with Crippen molar-refractivity contribution >= 4 is 5.97 Å².